The third kappa shape index (κ3) is 5.62. The maximum absolute atomic E-state index is 12.2. The van der Waals surface area contributed by atoms with Crippen molar-refractivity contribution in [3.05, 3.63) is 69.2 Å². The van der Waals surface area contributed by atoms with E-state index in [1.54, 1.807) is 42.5 Å². The fraction of sp³-hybridized carbons (Fsp3) is 0.105. The third-order valence-corrected chi connectivity index (χ3v) is 3.84. The van der Waals surface area contributed by atoms with Crippen molar-refractivity contribution >= 4 is 41.2 Å². The summed E-state index contributed by atoms with van der Waals surface area (Å²) < 4.78 is 4.98. The summed E-state index contributed by atoms with van der Waals surface area (Å²) in [6.07, 6.45) is 1.41. The Bertz CT molecular complexity index is 917. The zero-order valence-electron chi connectivity index (χ0n) is 13.8. The van der Waals surface area contributed by atoms with Gasteiger partial charge in [-0.3, -0.25) is 9.59 Å². The number of ether oxygens (including phenoxy) is 1. The SMILES string of the molecule is CC(=O)Oc1cccc(C=C(C#N)C(=O)NCc2ccc(Cl)cc2Cl)c1. The van der Waals surface area contributed by atoms with Crippen LogP contribution >= 0.6 is 23.2 Å². The van der Waals surface area contributed by atoms with Crippen LogP contribution in [-0.4, -0.2) is 11.9 Å². The topological polar surface area (TPSA) is 79.2 Å². The lowest BCUT2D eigenvalue weighted by atomic mass is 10.1. The van der Waals surface area contributed by atoms with E-state index in [0.29, 0.717) is 26.9 Å². The van der Waals surface area contributed by atoms with Crippen LogP contribution in [0.4, 0.5) is 0 Å². The molecule has 7 heteroatoms. The molecule has 0 saturated heterocycles. The Morgan fingerprint density at radius 2 is 2.00 bits per heavy atom. The molecule has 0 aliphatic carbocycles. The summed E-state index contributed by atoms with van der Waals surface area (Å²) in [5.74, 6) is -0.669. The Morgan fingerprint density at radius 3 is 2.65 bits per heavy atom. The number of halogens is 2. The molecule has 0 radical (unpaired) electrons. The van der Waals surface area contributed by atoms with Gasteiger partial charge in [-0.25, -0.2) is 0 Å². The maximum atomic E-state index is 12.2. The molecule has 132 valence electrons. The van der Waals surface area contributed by atoms with Crippen LogP contribution in [0, 0.1) is 11.3 Å². The lowest BCUT2D eigenvalue weighted by molar-refractivity contribution is -0.131. The van der Waals surface area contributed by atoms with Gasteiger partial charge >= 0.3 is 5.97 Å². The number of esters is 1. The Kier molecular flexibility index (Phi) is 6.79. The smallest absolute Gasteiger partial charge is 0.308 e. The normalized spacial score (nSPS) is 10.8. The highest BCUT2D eigenvalue weighted by Gasteiger charge is 2.10. The fourth-order valence-electron chi connectivity index (χ4n) is 2.08. The van der Waals surface area contributed by atoms with E-state index in [-0.39, 0.29) is 12.1 Å². The number of amides is 1. The molecule has 0 aliphatic rings. The van der Waals surface area contributed by atoms with Crippen molar-refractivity contribution in [2.45, 2.75) is 13.5 Å². The number of hydrogen-bond acceptors (Lipinski definition) is 4. The average Bonchev–Trinajstić information content (AvgIpc) is 2.58. The highest BCUT2D eigenvalue weighted by molar-refractivity contribution is 6.35. The van der Waals surface area contributed by atoms with Crippen molar-refractivity contribution < 1.29 is 14.3 Å². The van der Waals surface area contributed by atoms with Gasteiger partial charge in [0.2, 0.25) is 0 Å². The monoisotopic (exact) mass is 388 g/mol. The molecule has 0 fully saturated rings. The zero-order valence-corrected chi connectivity index (χ0v) is 15.3. The van der Waals surface area contributed by atoms with Gasteiger partial charge in [0, 0.05) is 23.5 Å². The zero-order chi connectivity index (χ0) is 19.1. The summed E-state index contributed by atoms with van der Waals surface area (Å²) >= 11 is 11.9. The van der Waals surface area contributed by atoms with Crippen molar-refractivity contribution in [1.82, 2.24) is 5.32 Å². The predicted molar refractivity (Wildman–Crippen MR) is 99.6 cm³/mol. The summed E-state index contributed by atoms with van der Waals surface area (Å²) in [4.78, 5) is 23.2. The van der Waals surface area contributed by atoms with E-state index < -0.39 is 11.9 Å². The third-order valence-electron chi connectivity index (χ3n) is 3.25. The molecule has 0 heterocycles. The number of carbonyl (C=O) groups is 2. The largest absolute Gasteiger partial charge is 0.427 e. The van der Waals surface area contributed by atoms with E-state index in [1.807, 2.05) is 6.07 Å². The molecule has 0 saturated carbocycles. The molecule has 0 bridgehead atoms. The second-order valence-corrected chi connectivity index (χ2v) is 6.10. The van der Waals surface area contributed by atoms with Gasteiger partial charge in [-0.15, -0.1) is 0 Å². The molecule has 1 amide bonds. The van der Waals surface area contributed by atoms with Crippen LogP contribution in [0.15, 0.2) is 48.0 Å². The van der Waals surface area contributed by atoms with Gasteiger partial charge in [0.05, 0.1) is 0 Å². The molecule has 0 atom stereocenters. The molecular formula is C19H14Cl2N2O3. The highest BCUT2D eigenvalue weighted by atomic mass is 35.5. The van der Waals surface area contributed by atoms with Gasteiger partial charge in [0.1, 0.15) is 17.4 Å². The standard InChI is InChI=1S/C19H14Cl2N2O3/c1-12(24)26-17-4-2-3-13(8-17)7-15(10-22)19(25)23-11-14-5-6-16(20)9-18(14)21/h2-9H,11H2,1H3,(H,23,25). The van der Waals surface area contributed by atoms with Crippen molar-refractivity contribution in [3.8, 4) is 11.8 Å². The van der Waals surface area contributed by atoms with Gasteiger partial charge in [-0.1, -0.05) is 41.4 Å². The summed E-state index contributed by atoms with van der Waals surface area (Å²) in [5, 5.41) is 12.8. The number of rotatable bonds is 5. The van der Waals surface area contributed by atoms with Crippen LogP contribution in [-0.2, 0) is 16.1 Å². The Balaban J connectivity index is 2.12. The molecule has 2 aromatic rings. The predicted octanol–water partition coefficient (Wildman–Crippen LogP) is 4.14. The minimum absolute atomic E-state index is 0.0879. The van der Waals surface area contributed by atoms with Crippen LogP contribution in [0.2, 0.25) is 10.0 Å². The fourth-order valence-corrected chi connectivity index (χ4v) is 2.56. The molecule has 0 unspecified atom stereocenters. The van der Waals surface area contributed by atoms with E-state index in [0.717, 1.165) is 0 Å². The summed E-state index contributed by atoms with van der Waals surface area (Å²) in [7, 11) is 0. The lowest BCUT2D eigenvalue weighted by Gasteiger charge is -2.07. The van der Waals surface area contributed by atoms with Gasteiger partial charge < -0.3 is 10.1 Å². The van der Waals surface area contributed by atoms with E-state index in [2.05, 4.69) is 5.32 Å². The van der Waals surface area contributed by atoms with Crippen LogP contribution < -0.4 is 10.1 Å². The summed E-state index contributed by atoms with van der Waals surface area (Å²) in [6, 6.07) is 13.3. The van der Waals surface area contributed by atoms with Crippen LogP contribution in [0.25, 0.3) is 6.08 Å². The average molecular weight is 389 g/mol. The maximum Gasteiger partial charge on any atom is 0.308 e. The number of carbonyl (C=O) groups excluding carboxylic acids is 2. The van der Waals surface area contributed by atoms with Crippen molar-refractivity contribution in [2.75, 3.05) is 0 Å². The van der Waals surface area contributed by atoms with Crippen LogP contribution in [0.5, 0.6) is 5.75 Å². The molecule has 0 spiro atoms. The Hall–Kier alpha value is -2.81. The Morgan fingerprint density at radius 1 is 1.23 bits per heavy atom. The van der Waals surface area contributed by atoms with Crippen LogP contribution in [0.1, 0.15) is 18.1 Å². The number of nitrogens with one attached hydrogen (secondary N) is 1. The van der Waals surface area contributed by atoms with E-state index in [1.165, 1.54) is 13.0 Å². The van der Waals surface area contributed by atoms with E-state index in [4.69, 9.17) is 27.9 Å². The summed E-state index contributed by atoms with van der Waals surface area (Å²) in [5.41, 5.74) is 1.15. The lowest BCUT2D eigenvalue weighted by Crippen LogP contribution is -2.24. The summed E-state index contributed by atoms with van der Waals surface area (Å²) in [6.45, 7) is 1.44. The molecule has 0 aromatic heterocycles. The number of benzene rings is 2. The van der Waals surface area contributed by atoms with Crippen molar-refractivity contribution in [3.63, 3.8) is 0 Å². The quantitative estimate of drug-likeness (QED) is 0.361. The second-order valence-electron chi connectivity index (χ2n) is 5.25. The Labute approximate surface area is 160 Å². The van der Waals surface area contributed by atoms with Gasteiger partial charge in [-0.2, -0.15) is 5.26 Å². The molecule has 0 aliphatic heterocycles. The van der Waals surface area contributed by atoms with Gasteiger partial charge in [0.25, 0.3) is 5.91 Å². The van der Waals surface area contributed by atoms with E-state index in [9.17, 15) is 14.9 Å². The van der Waals surface area contributed by atoms with Gasteiger partial charge in [-0.05, 0) is 41.5 Å². The first kappa shape index (κ1) is 19.5. The molecule has 5 nitrogen and oxygen atoms in total. The minimum atomic E-state index is -0.545. The molecule has 26 heavy (non-hydrogen) atoms. The van der Waals surface area contributed by atoms with Gasteiger partial charge in [0.15, 0.2) is 0 Å². The number of nitriles is 1. The highest BCUT2D eigenvalue weighted by Crippen LogP contribution is 2.21. The number of hydrogen-bond donors (Lipinski definition) is 1. The molecule has 2 rings (SSSR count). The van der Waals surface area contributed by atoms with Crippen molar-refractivity contribution in [2.24, 2.45) is 0 Å². The first-order valence-corrected chi connectivity index (χ1v) is 8.27. The van der Waals surface area contributed by atoms with Crippen LogP contribution in [0.3, 0.4) is 0 Å². The van der Waals surface area contributed by atoms with E-state index >= 15 is 0 Å². The minimum Gasteiger partial charge on any atom is -0.427 e. The first-order valence-electron chi connectivity index (χ1n) is 7.51. The van der Waals surface area contributed by atoms with Crippen molar-refractivity contribution in [1.29, 1.82) is 5.26 Å². The molecular weight excluding hydrogens is 375 g/mol. The second kappa shape index (κ2) is 9.04. The molecule has 1 N–H and O–H groups in total. The molecule has 2 aromatic carbocycles. The number of nitrogens with zero attached hydrogens (tertiary/aromatic N) is 1. The first-order chi connectivity index (χ1) is 12.4.